The maximum Gasteiger partial charge on any atom is 0.241 e. The normalized spacial score (nSPS) is 11.5. The summed E-state index contributed by atoms with van der Waals surface area (Å²) in [6.45, 7) is 5.09. The fraction of sp³-hybridized carbons (Fsp3) is 0.357. The van der Waals surface area contributed by atoms with Gasteiger partial charge in [0.15, 0.2) is 0 Å². The molecule has 7 heteroatoms. The Balaban J connectivity index is 2.10. The predicted octanol–water partition coefficient (Wildman–Crippen LogP) is 2.75. The second-order valence-electron chi connectivity index (χ2n) is 4.65. The quantitative estimate of drug-likeness (QED) is 0.821. The Hall–Kier alpha value is -1.44. The minimum absolute atomic E-state index is 0.227. The molecule has 2 N–H and O–H groups in total. The third-order valence-corrected chi connectivity index (χ3v) is 5.41. The molecule has 2 aromatic rings. The molecule has 0 aromatic carbocycles. The van der Waals surface area contributed by atoms with Gasteiger partial charge in [-0.25, -0.2) is 18.1 Å². The standard InChI is InChI=1S/C14H19N3O2S2/c1-3-6-15-14-9-12(4-7-16-14)21(18,19)17-10-13-11(2)5-8-20-13/h4-5,7-9,17H,3,6,10H2,1-2H3,(H,15,16). The summed E-state index contributed by atoms with van der Waals surface area (Å²) in [6.07, 6.45) is 2.46. The summed E-state index contributed by atoms with van der Waals surface area (Å²) in [5, 5.41) is 5.04. The maximum absolute atomic E-state index is 12.3. The highest BCUT2D eigenvalue weighted by atomic mass is 32.2. The molecule has 0 fully saturated rings. The van der Waals surface area contributed by atoms with Gasteiger partial charge in [-0.15, -0.1) is 11.3 Å². The van der Waals surface area contributed by atoms with Gasteiger partial charge in [0, 0.05) is 30.2 Å². The third-order valence-electron chi connectivity index (χ3n) is 2.99. The second-order valence-corrected chi connectivity index (χ2v) is 7.42. The highest BCUT2D eigenvalue weighted by Gasteiger charge is 2.15. The Morgan fingerprint density at radius 3 is 2.81 bits per heavy atom. The van der Waals surface area contributed by atoms with Gasteiger partial charge >= 0.3 is 0 Å². The van der Waals surface area contributed by atoms with Crippen LogP contribution in [0.1, 0.15) is 23.8 Å². The van der Waals surface area contributed by atoms with E-state index in [9.17, 15) is 8.42 Å². The van der Waals surface area contributed by atoms with E-state index < -0.39 is 10.0 Å². The number of hydrogen-bond acceptors (Lipinski definition) is 5. The molecule has 0 saturated carbocycles. The van der Waals surface area contributed by atoms with E-state index in [-0.39, 0.29) is 4.90 Å². The van der Waals surface area contributed by atoms with Crippen LogP contribution >= 0.6 is 11.3 Å². The average Bonchev–Trinajstić information content (AvgIpc) is 2.89. The van der Waals surface area contributed by atoms with Gasteiger partial charge in [-0.3, -0.25) is 0 Å². The van der Waals surface area contributed by atoms with Crippen LogP contribution in [-0.2, 0) is 16.6 Å². The molecule has 0 bridgehead atoms. The van der Waals surface area contributed by atoms with Crippen molar-refractivity contribution in [2.75, 3.05) is 11.9 Å². The van der Waals surface area contributed by atoms with Crippen molar-refractivity contribution in [3.8, 4) is 0 Å². The molecule has 2 aromatic heterocycles. The number of pyridine rings is 1. The zero-order valence-corrected chi connectivity index (χ0v) is 13.7. The molecular weight excluding hydrogens is 306 g/mol. The van der Waals surface area contributed by atoms with Crippen molar-refractivity contribution in [3.63, 3.8) is 0 Å². The van der Waals surface area contributed by atoms with Crippen molar-refractivity contribution < 1.29 is 8.42 Å². The number of anilines is 1. The van der Waals surface area contributed by atoms with Gasteiger partial charge in [0.1, 0.15) is 5.82 Å². The third kappa shape index (κ3) is 4.26. The van der Waals surface area contributed by atoms with Crippen LogP contribution in [0.2, 0.25) is 0 Å². The van der Waals surface area contributed by atoms with Crippen molar-refractivity contribution in [2.45, 2.75) is 31.7 Å². The van der Waals surface area contributed by atoms with Crippen LogP contribution in [-0.4, -0.2) is 19.9 Å². The highest BCUT2D eigenvalue weighted by Crippen LogP contribution is 2.17. The Bertz CT molecular complexity index is 696. The molecule has 0 atom stereocenters. The van der Waals surface area contributed by atoms with Crippen LogP contribution in [0, 0.1) is 6.92 Å². The largest absolute Gasteiger partial charge is 0.370 e. The van der Waals surface area contributed by atoms with Gasteiger partial charge in [0.2, 0.25) is 10.0 Å². The number of hydrogen-bond donors (Lipinski definition) is 2. The van der Waals surface area contributed by atoms with Gasteiger partial charge < -0.3 is 5.32 Å². The van der Waals surface area contributed by atoms with Crippen LogP contribution in [0.4, 0.5) is 5.82 Å². The summed E-state index contributed by atoms with van der Waals surface area (Å²) < 4.78 is 27.2. The van der Waals surface area contributed by atoms with Crippen LogP contribution in [0.3, 0.4) is 0 Å². The molecule has 0 aliphatic rings. The molecular formula is C14H19N3O2S2. The number of thiophene rings is 1. The van der Waals surface area contributed by atoms with Crippen molar-refractivity contribution in [2.24, 2.45) is 0 Å². The molecule has 5 nitrogen and oxygen atoms in total. The molecule has 2 rings (SSSR count). The van der Waals surface area contributed by atoms with E-state index in [1.54, 1.807) is 17.4 Å². The Morgan fingerprint density at radius 2 is 2.14 bits per heavy atom. The van der Waals surface area contributed by atoms with E-state index in [1.807, 2.05) is 25.3 Å². The monoisotopic (exact) mass is 325 g/mol. The summed E-state index contributed by atoms with van der Waals surface area (Å²) in [7, 11) is -3.52. The minimum Gasteiger partial charge on any atom is -0.370 e. The fourth-order valence-electron chi connectivity index (χ4n) is 1.76. The summed E-state index contributed by atoms with van der Waals surface area (Å²) in [6, 6.07) is 5.04. The van der Waals surface area contributed by atoms with Crippen molar-refractivity contribution >= 4 is 27.2 Å². The van der Waals surface area contributed by atoms with Crippen molar-refractivity contribution in [1.82, 2.24) is 9.71 Å². The topological polar surface area (TPSA) is 71.1 Å². The summed E-state index contributed by atoms with van der Waals surface area (Å²) in [5.74, 6) is 0.576. The van der Waals surface area contributed by atoms with E-state index >= 15 is 0 Å². The summed E-state index contributed by atoms with van der Waals surface area (Å²) >= 11 is 1.55. The fourth-order valence-corrected chi connectivity index (χ4v) is 3.70. The summed E-state index contributed by atoms with van der Waals surface area (Å²) in [5.41, 5.74) is 1.10. The van der Waals surface area contributed by atoms with Crippen molar-refractivity contribution in [3.05, 3.63) is 40.2 Å². The van der Waals surface area contributed by atoms with Gasteiger partial charge in [0.05, 0.1) is 4.90 Å². The van der Waals surface area contributed by atoms with E-state index in [0.29, 0.717) is 12.4 Å². The molecule has 0 aliphatic heterocycles. The molecule has 0 aliphatic carbocycles. The lowest BCUT2D eigenvalue weighted by molar-refractivity contribution is 0.581. The van der Waals surface area contributed by atoms with Gasteiger partial charge in [-0.2, -0.15) is 0 Å². The lowest BCUT2D eigenvalue weighted by atomic mass is 10.3. The number of nitrogens with zero attached hydrogens (tertiary/aromatic N) is 1. The molecule has 0 radical (unpaired) electrons. The van der Waals surface area contributed by atoms with Crippen molar-refractivity contribution in [1.29, 1.82) is 0 Å². The zero-order chi connectivity index (χ0) is 15.3. The SMILES string of the molecule is CCCNc1cc(S(=O)(=O)NCc2sccc2C)ccn1. The lowest BCUT2D eigenvalue weighted by Crippen LogP contribution is -2.23. The smallest absolute Gasteiger partial charge is 0.241 e. The molecule has 2 heterocycles. The van der Waals surface area contributed by atoms with E-state index in [4.69, 9.17) is 0 Å². The molecule has 0 unspecified atom stereocenters. The number of aromatic nitrogens is 1. The molecule has 0 spiro atoms. The number of sulfonamides is 1. The van der Waals surface area contributed by atoms with E-state index in [2.05, 4.69) is 15.0 Å². The first-order valence-corrected chi connectivity index (χ1v) is 9.12. The summed E-state index contributed by atoms with van der Waals surface area (Å²) in [4.78, 5) is 5.37. The average molecular weight is 325 g/mol. The minimum atomic E-state index is -3.52. The van der Waals surface area contributed by atoms with Crippen LogP contribution < -0.4 is 10.0 Å². The molecule has 21 heavy (non-hydrogen) atoms. The molecule has 114 valence electrons. The van der Waals surface area contributed by atoms with Crippen LogP contribution in [0.5, 0.6) is 0 Å². The lowest BCUT2D eigenvalue weighted by Gasteiger charge is -2.08. The number of aryl methyl sites for hydroxylation is 1. The van der Waals surface area contributed by atoms with Gasteiger partial charge in [0.25, 0.3) is 0 Å². The van der Waals surface area contributed by atoms with Gasteiger partial charge in [-0.1, -0.05) is 6.92 Å². The first-order chi connectivity index (χ1) is 10.0. The Labute approximate surface area is 129 Å². The zero-order valence-electron chi connectivity index (χ0n) is 12.1. The number of rotatable bonds is 7. The Kier molecular flexibility index (Phi) is 5.33. The van der Waals surface area contributed by atoms with Crippen LogP contribution in [0.15, 0.2) is 34.7 Å². The van der Waals surface area contributed by atoms with Crippen LogP contribution in [0.25, 0.3) is 0 Å². The highest BCUT2D eigenvalue weighted by molar-refractivity contribution is 7.89. The maximum atomic E-state index is 12.3. The second kappa shape index (κ2) is 7.02. The predicted molar refractivity (Wildman–Crippen MR) is 86.1 cm³/mol. The van der Waals surface area contributed by atoms with Gasteiger partial charge in [-0.05, 0) is 36.4 Å². The van der Waals surface area contributed by atoms with E-state index in [1.165, 1.54) is 12.3 Å². The molecule has 0 amide bonds. The first-order valence-electron chi connectivity index (χ1n) is 6.75. The van der Waals surface area contributed by atoms with E-state index in [0.717, 1.165) is 23.4 Å². The molecule has 0 saturated heterocycles. The number of nitrogens with one attached hydrogen (secondary N) is 2. The first kappa shape index (κ1) is 15.9. The Morgan fingerprint density at radius 1 is 1.33 bits per heavy atom.